The second-order valence-corrected chi connectivity index (χ2v) is 8.85. The van der Waals surface area contributed by atoms with Gasteiger partial charge in [-0.15, -0.1) is 0 Å². The second-order valence-electron chi connectivity index (χ2n) is 8.85. The maximum Gasteiger partial charge on any atom is 0.307 e. The number of aromatic nitrogens is 1. The number of para-hydroxylation sites is 1. The molecule has 6 heteroatoms. The van der Waals surface area contributed by atoms with Gasteiger partial charge in [0.2, 0.25) is 0 Å². The minimum atomic E-state index is -0.412. The van der Waals surface area contributed by atoms with Gasteiger partial charge in [0.15, 0.2) is 5.76 Å². The molecule has 0 spiro atoms. The van der Waals surface area contributed by atoms with E-state index in [4.69, 9.17) is 9.15 Å². The Morgan fingerprint density at radius 2 is 1.78 bits per heavy atom. The van der Waals surface area contributed by atoms with Crippen molar-refractivity contribution in [3.8, 4) is 5.75 Å². The summed E-state index contributed by atoms with van der Waals surface area (Å²) in [5.41, 5.74) is 6.45. The van der Waals surface area contributed by atoms with Crippen molar-refractivity contribution in [1.29, 1.82) is 0 Å². The fourth-order valence-electron chi connectivity index (χ4n) is 4.65. The highest BCUT2D eigenvalue weighted by Gasteiger charge is 2.13. The van der Waals surface area contributed by atoms with Crippen molar-refractivity contribution in [2.24, 2.45) is 5.10 Å². The monoisotopic (exact) mass is 487 g/mol. The number of carbonyl (C=O) groups excluding carboxylic acids is 1. The Bertz CT molecular complexity index is 1780. The van der Waals surface area contributed by atoms with Crippen LogP contribution < -0.4 is 10.2 Å². The van der Waals surface area contributed by atoms with Gasteiger partial charge in [-0.3, -0.25) is 4.79 Å². The van der Waals surface area contributed by atoms with E-state index in [1.807, 2.05) is 31.2 Å². The largest absolute Gasteiger partial charge is 0.494 e. The van der Waals surface area contributed by atoms with Crippen LogP contribution in [0.5, 0.6) is 5.75 Å². The van der Waals surface area contributed by atoms with E-state index in [1.54, 1.807) is 18.3 Å². The summed E-state index contributed by atoms with van der Waals surface area (Å²) < 4.78 is 13.4. The number of carbonyl (C=O) groups is 1. The van der Waals surface area contributed by atoms with Crippen LogP contribution in [0.15, 0.2) is 107 Å². The maximum atomic E-state index is 12.7. The van der Waals surface area contributed by atoms with E-state index in [-0.39, 0.29) is 5.76 Å². The van der Waals surface area contributed by atoms with Crippen LogP contribution in [-0.4, -0.2) is 23.3 Å². The summed E-state index contributed by atoms with van der Waals surface area (Å²) in [5.74, 6) is 0.519. The van der Waals surface area contributed by atoms with Crippen LogP contribution >= 0.6 is 0 Å². The maximum absolute atomic E-state index is 12.7. The van der Waals surface area contributed by atoms with Gasteiger partial charge < -0.3 is 13.7 Å². The van der Waals surface area contributed by atoms with Crippen molar-refractivity contribution in [3.05, 3.63) is 114 Å². The molecule has 6 nitrogen and oxygen atoms in total. The molecular formula is C31H25N3O3. The van der Waals surface area contributed by atoms with Crippen LogP contribution in [0.25, 0.3) is 32.6 Å². The lowest BCUT2D eigenvalue weighted by Gasteiger charge is -2.07. The van der Waals surface area contributed by atoms with Crippen molar-refractivity contribution >= 4 is 44.8 Å². The number of hydrogen-bond donors (Lipinski definition) is 1. The zero-order valence-corrected chi connectivity index (χ0v) is 20.3. The van der Waals surface area contributed by atoms with E-state index in [0.717, 1.165) is 34.1 Å². The Morgan fingerprint density at radius 1 is 0.946 bits per heavy atom. The lowest BCUT2D eigenvalue weighted by Crippen LogP contribution is -2.16. The minimum Gasteiger partial charge on any atom is -0.494 e. The molecule has 0 saturated carbocycles. The van der Waals surface area contributed by atoms with Gasteiger partial charge in [-0.1, -0.05) is 54.6 Å². The number of rotatable bonds is 7. The Kier molecular flexibility index (Phi) is 5.91. The summed E-state index contributed by atoms with van der Waals surface area (Å²) in [7, 11) is 0. The van der Waals surface area contributed by atoms with Gasteiger partial charge in [0, 0.05) is 34.6 Å². The fourth-order valence-corrected chi connectivity index (χ4v) is 4.65. The normalized spacial score (nSPS) is 11.6. The molecule has 4 aromatic carbocycles. The number of nitrogens with one attached hydrogen (secondary N) is 1. The molecule has 0 fully saturated rings. The summed E-state index contributed by atoms with van der Waals surface area (Å²) in [6.45, 7) is 3.23. The Labute approximate surface area is 213 Å². The molecule has 1 amide bonds. The Balaban J connectivity index is 1.22. The number of furan rings is 1. The standard InChI is InChI=1S/C31H25N3O3/c1-2-36-26-13-14-29-24(16-26)17-30(37-29)31(35)33-32-18-25-20-34(28-10-6-5-9-27(25)28)19-21-11-12-22-7-3-4-8-23(22)15-21/h3-18,20H,2,19H2,1H3,(H,33,35)/b32-18+. The van der Waals surface area contributed by atoms with Gasteiger partial charge in [-0.25, -0.2) is 5.43 Å². The van der Waals surface area contributed by atoms with E-state index in [2.05, 4.69) is 75.9 Å². The number of fused-ring (bicyclic) bond motifs is 3. The van der Waals surface area contributed by atoms with E-state index in [1.165, 1.54) is 16.3 Å². The predicted molar refractivity (Wildman–Crippen MR) is 147 cm³/mol. The molecule has 0 aliphatic heterocycles. The van der Waals surface area contributed by atoms with Gasteiger partial charge in [0.1, 0.15) is 11.3 Å². The molecule has 2 aromatic heterocycles. The molecule has 0 atom stereocenters. The first-order valence-electron chi connectivity index (χ1n) is 12.2. The van der Waals surface area contributed by atoms with Gasteiger partial charge in [0.05, 0.1) is 12.8 Å². The molecule has 0 radical (unpaired) electrons. The van der Waals surface area contributed by atoms with Crippen molar-refractivity contribution in [2.75, 3.05) is 6.61 Å². The molecule has 0 saturated heterocycles. The average molecular weight is 488 g/mol. The van der Waals surface area contributed by atoms with E-state index in [9.17, 15) is 4.79 Å². The lowest BCUT2D eigenvalue weighted by atomic mass is 10.1. The minimum absolute atomic E-state index is 0.194. The zero-order valence-electron chi connectivity index (χ0n) is 20.3. The van der Waals surface area contributed by atoms with Crippen LogP contribution in [0.3, 0.4) is 0 Å². The number of nitrogens with zero attached hydrogens (tertiary/aromatic N) is 2. The highest BCUT2D eigenvalue weighted by Crippen LogP contribution is 2.25. The molecule has 2 heterocycles. The molecule has 0 aliphatic carbocycles. The van der Waals surface area contributed by atoms with E-state index >= 15 is 0 Å². The first-order valence-corrected chi connectivity index (χ1v) is 12.2. The Hall–Kier alpha value is -4.84. The number of ether oxygens (including phenoxy) is 1. The Morgan fingerprint density at radius 3 is 2.68 bits per heavy atom. The van der Waals surface area contributed by atoms with Crippen LogP contribution in [0.2, 0.25) is 0 Å². The second kappa shape index (κ2) is 9.66. The molecule has 0 unspecified atom stereocenters. The SMILES string of the molecule is CCOc1ccc2oc(C(=O)N/N=C/c3cn(Cc4ccc5ccccc5c4)c4ccccc34)cc2c1. The molecular weight excluding hydrogens is 462 g/mol. The number of benzene rings is 4. The third-order valence-corrected chi connectivity index (χ3v) is 6.38. The lowest BCUT2D eigenvalue weighted by molar-refractivity contribution is 0.0929. The van der Waals surface area contributed by atoms with Gasteiger partial charge in [-0.2, -0.15) is 5.10 Å². The van der Waals surface area contributed by atoms with Crippen molar-refractivity contribution in [1.82, 2.24) is 9.99 Å². The molecule has 1 N–H and O–H groups in total. The van der Waals surface area contributed by atoms with Crippen LogP contribution in [0, 0.1) is 0 Å². The van der Waals surface area contributed by atoms with Crippen LogP contribution in [0.1, 0.15) is 28.6 Å². The van der Waals surface area contributed by atoms with Crippen molar-refractivity contribution in [3.63, 3.8) is 0 Å². The van der Waals surface area contributed by atoms with Gasteiger partial charge >= 0.3 is 5.91 Å². The molecule has 37 heavy (non-hydrogen) atoms. The van der Waals surface area contributed by atoms with Crippen molar-refractivity contribution < 1.29 is 13.9 Å². The van der Waals surface area contributed by atoms with E-state index < -0.39 is 5.91 Å². The quantitative estimate of drug-likeness (QED) is 0.200. The van der Waals surface area contributed by atoms with Crippen LogP contribution in [0.4, 0.5) is 0 Å². The highest BCUT2D eigenvalue weighted by molar-refractivity contribution is 6.01. The smallest absolute Gasteiger partial charge is 0.307 e. The number of amides is 1. The van der Waals surface area contributed by atoms with Crippen molar-refractivity contribution in [2.45, 2.75) is 13.5 Å². The molecule has 0 aliphatic rings. The molecule has 182 valence electrons. The first-order chi connectivity index (χ1) is 18.2. The predicted octanol–water partition coefficient (Wildman–Crippen LogP) is 6.75. The summed E-state index contributed by atoms with van der Waals surface area (Å²) >= 11 is 0. The molecule has 6 rings (SSSR count). The zero-order chi connectivity index (χ0) is 25.2. The summed E-state index contributed by atoms with van der Waals surface area (Å²) in [6, 6.07) is 30.3. The number of hydrazone groups is 1. The molecule has 0 bridgehead atoms. The number of hydrogen-bond acceptors (Lipinski definition) is 4. The topological polar surface area (TPSA) is 68.8 Å². The summed E-state index contributed by atoms with van der Waals surface area (Å²) in [6.07, 6.45) is 3.74. The molecule has 6 aromatic rings. The van der Waals surface area contributed by atoms with Gasteiger partial charge in [-0.05, 0) is 59.7 Å². The average Bonchev–Trinajstić information content (AvgIpc) is 3.50. The van der Waals surface area contributed by atoms with Crippen LogP contribution in [-0.2, 0) is 6.54 Å². The fraction of sp³-hybridized carbons (Fsp3) is 0.0968. The third kappa shape index (κ3) is 4.57. The summed E-state index contributed by atoms with van der Waals surface area (Å²) in [4.78, 5) is 12.7. The highest BCUT2D eigenvalue weighted by atomic mass is 16.5. The summed E-state index contributed by atoms with van der Waals surface area (Å²) in [5, 5.41) is 8.54. The first kappa shape index (κ1) is 22.6. The van der Waals surface area contributed by atoms with Gasteiger partial charge in [0.25, 0.3) is 0 Å². The van der Waals surface area contributed by atoms with E-state index in [0.29, 0.717) is 12.2 Å². The third-order valence-electron chi connectivity index (χ3n) is 6.38.